The molecule has 1 aliphatic heterocycles. The van der Waals surface area contributed by atoms with Crippen LogP contribution in [-0.4, -0.2) is 7.48 Å². The number of hydrogen-bond acceptors (Lipinski definition) is 1. The molecule has 1 aromatic rings. The maximum atomic E-state index is 5.27. The highest BCUT2D eigenvalue weighted by Gasteiger charge is 2.11. The Morgan fingerprint density at radius 1 is 1.50 bits per heavy atom. The summed E-state index contributed by atoms with van der Waals surface area (Å²) in [5, 5.41) is 0. The third-order valence-corrected chi connectivity index (χ3v) is 2.35. The van der Waals surface area contributed by atoms with Gasteiger partial charge in [-0.1, -0.05) is 6.07 Å². The van der Waals surface area contributed by atoms with Gasteiger partial charge in [-0.25, -0.2) is 0 Å². The largest absolute Gasteiger partial charge is 0.430 e. The third-order valence-electron chi connectivity index (χ3n) is 1.68. The molecule has 0 amide bonds. The highest BCUT2D eigenvalue weighted by molar-refractivity contribution is 14.1. The molecular formula is C7H6BIO. The monoisotopic (exact) mass is 244 g/mol. The Morgan fingerprint density at radius 2 is 2.40 bits per heavy atom. The van der Waals surface area contributed by atoms with Gasteiger partial charge < -0.3 is 4.65 Å². The van der Waals surface area contributed by atoms with E-state index in [0.717, 1.165) is 14.1 Å². The van der Waals surface area contributed by atoms with E-state index in [2.05, 4.69) is 40.8 Å². The fraction of sp³-hybridized carbons (Fsp3) is 0.143. The van der Waals surface area contributed by atoms with E-state index in [-0.39, 0.29) is 0 Å². The Bertz CT molecular complexity index is 262. The van der Waals surface area contributed by atoms with Gasteiger partial charge in [-0.05, 0) is 45.7 Å². The molecule has 0 radical (unpaired) electrons. The molecule has 0 aromatic heterocycles. The van der Waals surface area contributed by atoms with Gasteiger partial charge in [-0.2, -0.15) is 0 Å². The molecule has 0 aliphatic carbocycles. The summed E-state index contributed by atoms with van der Waals surface area (Å²) in [6, 6.07) is 6.45. The second-order valence-corrected chi connectivity index (χ2v) is 3.65. The van der Waals surface area contributed by atoms with Crippen molar-refractivity contribution >= 4 is 35.5 Å². The Labute approximate surface area is 74.2 Å². The standard InChI is InChI=1S/C7H6BIO/c9-6-1-2-7-5(3-6)4-10-8-7/h1-3,8H,4H2. The van der Waals surface area contributed by atoms with Crippen molar-refractivity contribution in [2.75, 3.05) is 0 Å². The normalized spacial score (nSPS) is 14.5. The second-order valence-electron chi connectivity index (χ2n) is 2.41. The molecule has 0 saturated carbocycles. The van der Waals surface area contributed by atoms with Crippen molar-refractivity contribution in [2.45, 2.75) is 6.61 Å². The number of hydrogen-bond donors (Lipinski definition) is 0. The van der Waals surface area contributed by atoms with Gasteiger partial charge in [0.15, 0.2) is 0 Å². The predicted molar refractivity (Wildman–Crippen MR) is 50.7 cm³/mol. The lowest BCUT2D eigenvalue weighted by molar-refractivity contribution is 0.345. The smallest absolute Gasteiger partial charge is 0.309 e. The lowest BCUT2D eigenvalue weighted by Crippen LogP contribution is -2.10. The molecule has 0 bridgehead atoms. The molecule has 1 heterocycles. The van der Waals surface area contributed by atoms with E-state index in [1.165, 1.54) is 14.6 Å². The van der Waals surface area contributed by atoms with Crippen LogP contribution >= 0.6 is 22.6 Å². The van der Waals surface area contributed by atoms with Crippen molar-refractivity contribution in [3.63, 3.8) is 0 Å². The average molecular weight is 244 g/mol. The molecule has 0 fully saturated rings. The summed E-state index contributed by atoms with van der Waals surface area (Å²) in [5.41, 5.74) is 2.70. The minimum atomic E-state index is 0.798. The quantitative estimate of drug-likeness (QED) is 0.484. The SMILES string of the molecule is Ic1ccc2c(c1)COB2. The Balaban J connectivity index is 2.52. The summed E-state index contributed by atoms with van der Waals surface area (Å²) in [5.74, 6) is 0. The zero-order valence-electron chi connectivity index (χ0n) is 5.43. The van der Waals surface area contributed by atoms with Crippen LogP contribution in [-0.2, 0) is 11.3 Å². The summed E-state index contributed by atoms with van der Waals surface area (Å²) in [6.07, 6.45) is 0. The highest BCUT2D eigenvalue weighted by atomic mass is 127. The number of rotatable bonds is 0. The molecule has 0 N–H and O–H groups in total. The van der Waals surface area contributed by atoms with Crippen LogP contribution in [0.5, 0.6) is 0 Å². The predicted octanol–water partition coefficient (Wildman–Crippen LogP) is 0.798. The first kappa shape index (κ1) is 6.67. The van der Waals surface area contributed by atoms with Crippen LogP contribution in [0.2, 0.25) is 0 Å². The van der Waals surface area contributed by atoms with E-state index in [9.17, 15) is 0 Å². The summed E-state index contributed by atoms with van der Waals surface area (Å²) in [4.78, 5) is 0. The van der Waals surface area contributed by atoms with Gasteiger partial charge in [-0.15, -0.1) is 0 Å². The van der Waals surface area contributed by atoms with Crippen LogP contribution in [0.15, 0.2) is 18.2 Å². The lowest BCUT2D eigenvalue weighted by Gasteiger charge is -1.95. The van der Waals surface area contributed by atoms with E-state index in [4.69, 9.17) is 4.65 Å². The fourth-order valence-electron chi connectivity index (χ4n) is 1.14. The minimum Gasteiger partial charge on any atom is -0.430 e. The molecular weight excluding hydrogens is 238 g/mol. The van der Waals surface area contributed by atoms with Gasteiger partial charge in [0.25, 0.3) is 0 Å². The van der Waals surface area contributed by atoms with Gasteiger partial charge >= 0.3 is 7.48 Å². The molecule has 2 rings (SSSR count). The first-order chi connectivity index (χ1) is 4.86. The van der Waals surface area contributed by atoms with Gasteiger partial charge in [-0.3, -0.25) is 0 Å². The summed E-state index contributed by atoms with van der Waals surface area (Å²) < 4.78 is 6.56. The first-order valence-corrected chi connectivity index (χ1v) is 4.29. The zero-order chi connectivity index (χ0) is 6.97. The molecule has 1 aliphatic rings. The van der Waals surface area contributed by atoms with Gasteiger partial charge in [0.1, 0.15) is 0 Å². The topological polar surface area (TPSA) is 9.23 Å². The van der Waals surface area contributed by atoms with Crippen molar-refractivity contribution in [1.29, 1.82) is 0 Å². The van der Waals surface area contributed by atoms with Crippen molar-refractivity contribution in [3.05, 3.63) is 27.3 Å². The molecule has 0 spiro atoms. The van der Waals surface area contributed by atoms with E-state index in [1.54, 1.807) is 0 Å². The average Bonchev–Trinajstić information content (AvgIpc) is 2.33. The molecule has 3 heteroatoms. The summed E-state index contributed by atoms with van der Waals surface area (Å²) in [6.45, 7) is 0.798. The lowest BCUT2D eigenvalue weighted by atomic mass is 9.88. The molecule has 1 aromatic carbocycles. The van der Waals surface area contributed by atoms with Crippen molar-refractivity contribution in [1.82, 2.24) is 0 Å². The van der Waals surface area contributed by atoms with Crippen LogP contribution in [0, 0.1) is 3.57 Å². The van der Waals surface area contributed by atoms with Crippen molar-refractivity contribution in [2.24, 2.45) is 0 Å². The van der Waals surface area contributed by atoms with Crippen molar-refractivity contribution in [3.8, 4) is 0 Å². The molecule has 0 saturated heterocycles. The summed E-state index contributed by atoms with van der Waals surface area (Å²) in [7, 11) is 0.798. The van der Waals surface area contributed by atoms with Crippen LogP contribution in [0.4, 0.5) is 0 Å². The number of halogens is 1. The Morgan fingerprint density at radius 3 is 3.30 bits per heavy atom. The van der Waals surface area contributed by atoms with Crippen LogP contribution in [0.3, 0.4) is 0 Å². The maximum absolute atomic E-state index is 5.27. The Hall–Kier alpha value is -0.0251. The van der Waals surface area contributed by atoms with Gasteiger partial charge in [0.05, 0.1) is 6.61 Å². The Kier molecular flexibility index (Phi) is 1.70. The van der Waals surface area contributed by atoms with Crippen LogP contribution in [0.1, 0.15) is 5.56 Å². The number of benzene rings is 1. The highest BCUT2D eigenvalue weighted by Crippen LogP contribution is 2.10. The number of fused-ring (bicyclic) bond motifs is 1. The summed E-state index contributed by atoms with van der Waals surface area (Å²) >= 11 is 2.32. The van der Waals surface area contributed by atoms with E-state index in [0.29, 0.717) is 0 Å². The third kappa shape index (κ3) is 1.08. The second kappa shape index (κ2) is 2.55. The van der Waals surface area contributed by atoms with Crippen LogP contribution < -0.4 is 5.46 Å². The van der Waals surface area contributed by atoms with E-state index < -0.39 is 0 Å². The molecule has 0 unspecified atom stereocenters. The maximum Gasteiger partial charge on any atom is 0.309 e. The zero-order valence-corrected chi connectivity index (χ0v) is 7.59. The fourth-order valence-corrected chi connectivity index (χ4v) is 1.70. The van der Waals surface area contributed by atoms with Gasteiger partial charge in [0.2, 0.25) is 0 Å². The first-order valence-electron chi connectivity index (χ1n) is 3.21. The molecule has 1 nitrogen and oxygen atoms in total. The molecule has 0 atom stereocenters. The van der Waals surface area contributed by atoms with Crippen LogP contribution in [0.25, 0.3) is 0 Å². The minimum absolute atomic E-state index is 0.798. The van der Waals surface area contributed by atoms with Gasteiger partial charge in [0, 0.05) is 3.57 Å². The van der Waals surface area contributed by atoms with Crippen molar-refractivity contribution < 1.29 is 4.65 Å². The molecule has 10 heavy (non-hydrogen) atoms. The van der Waals surface area contributed by atoms with E-state index >= 15 is 0 Å². The van der Waals surface area contributed by atoms with E-state index in [1.807, 2.05) is 0 Å². The molecule has 50 valence electrons.